The van der Waals surface area contributed by atoms with Crippen LogP contribution in [0.15, 0.2) is 40.7 Å². The topological polar surface area (TPSA) is 102 Å². The third-order valence-corrected chi connectivity index (χ3v) is 10.3. The summed E-state index contributed by atoms with van der Waals surface area (Å²) in [5.41, 5.74) is -0.245. The quantitative estimate of drug-likeness (QED) is 0.425. The van der Waals surface area contributed by atoms with Crippen LogP contribution in [0.1, 0.15) is 63.9 Å². The molecule has 0 radical (unpaired) electrons. The summed E-state index contributed by atoms with van der Waals surface area (Å²) in [5, 5.41) is 13.9. The number of amidine groups is 1. The van der Waals surface area contributed by atoms with E-state index in [2.05, 4.69) is 10.3 Å². The molecule has 0 aliphatic carbocycles. The number of alkyl halides is 4. The first kappa shape index (κ1) is 33.2. The monoisotopic (exact) mass is 668 g/mol. The van der Waals surface area contributed by atoms with Gasteiger partial charge in [0.15, 0.2) is 0 Å². The van der Waals surface area contributed by atoms with E-state index in [1.807, 2.05) is 13.8 Å². The highest BCUT2D eigenvalue weighted by atomic mass is 35.5. The van der Waals surface area contributed by atoms with Crippen LogP contribution in [0.2, 0.25) is 5.02 Å². The highest BCUT2D eigenvalue weighted by molar-refractivity contribution is 7.85. The van der Waals surface area contributed by atoms with Gasteiger partial charge in [-0.05, 0) is 86.6 Å². The maximum absolute atomic E-state index is 13.2. The zero-order valence-corrected chi connectivity index (χ0v) is 26.3. The Hall–Kier alpha value is -3.13. The molecule has 2 amide bonds. The number of hydrogen-bond acceptors (Lipinski definition) is 5. The van der Waals surface area contributed by atoms with E-state index in [0.29, 0.717) is 18.7 Å². The Morgan fingerprint density at radius 2 is 1.71 bits per heavy atom. The standard InChI is InChI=1S/C31H33ClF4N4O4S/c1-19-15-22(27(41)39-10-6-29(43,18-33)7-11-39)16-20(2)23(19)5-14-45(44)40-12-8-30(9-13-40)28(42)37-26(38-30)21-3-4-24(25(32)17-21)31(34,35)36/h3-5,14-17,43H,6-13,18H2,1-2H3,(H,37,38,42)/b14-5+. The van der Waals surface area contributed by atoms with E-state index in [-0.39, 0.29) is 62.0 Å². The van der Waals surface area contributed by atoms with Gasteiger partial charge in [-0.1, -0.05) is 17.7 Å². The number of aryl methyl sites for hydroxylation is 2. The number of benzene rings is 2. The van der Waals surface area contributed by atoms with Gasteiger partial charge in [0.25, 0.3) is 11.8 Å². The van der Waals surface area contributed by atoms with Crippen LogP contribution in [0, 0.1) is 13.8 Å². The van der Waals surface area contributed by atoms with Crippen LogP contribution in [-0.2, 0) is 22.0 Å². The van der Waals surface area contributed by atoms with E-state index in [9.17, 15) is 36.5 Å². The minimum atomic E-state index is -4.60. The van der Waals surface area contributed by atoms with Crippen LogP contribution >= 0.6 is 11.6 Å². The summed E-state index contributed by atoms with van der Waals surface area (Å²) in [6, 6.07) is 6.73. The van der Waals surface area contributed by atoms with Gasteiger partial charge < -0.3 is 15.3 Å². The average molecular weight is 669 g/mol. The number of halogens is 5. The molecule has 2 aromatic rings. The molecule has 1 spiro atoms. The Bertz CT molecular complexity index is 1570. The summed E-state index contributed by atoms with van der Waals surface area (Å²) in [4.78, 5) is 32.2. The smallest absolute Gasteiger partial charge is 0.387 e. The Kier molecular flexibility index (Phi) is 9.29. The van der Waals surface area contributed by atoms with Crippen molar-refractivity contribution in [3.63, 3.8) is 0 Å². The molecule has 5 rings (SSSR count). The number of rotatable bonds is 6. The predicted molar refractivity (Wildman–Crippen MR) is 164 cm³/mol. The molecule has 3 aliphatic rings. The molecule has 45 heavy (non-hydrogen) atoms. The van der Waals surface area contributed by atoms with Crippen molar-refractivity contribution in [1.82, 2.24) is 14.5 Å². The van der Waals surface area contributed by atoms with Gasteiger partial charge in [-0.25, -0.2) is 12.9 Å². The second-order valence-corrected chi connectivity index (χ2v) is 13.6. The number of carbonyl (C=O) groups excluding carboxylic acids is 2. The van der Waals surface area contributed by atoms with Crippen molar-refractivity contribution in [2.24, 2.45) is 4.99 Å². The van der Waals surface area contributed by atoms with E-state index in [1.54, 1.807) is 32.8 Å². The molecular formula is C31H33ClF4N4O4S. The lowest BCUT2D eigenvalue weighted by Gasteiger charge is -2.36. The molecule has 1 atom stereocenters. The van der Waals surface area contributed by atoms with Crippen molar-refractivity contribution < 1.29 is 36.5 Å². The first-order valence-electron chi connectivity index (χ1n) is 14.5. The van der Waals surface area contributed by atoms with Crippen molar-refractivity contribution in [2.45, 2.75) is 56.8 Å². The van der Waals surface area contributed by atoms with Crippen molar-refractivity contribution in [2.75, 3.05) is 32.9 Å². The minimum Gasteiger partial charge on any atom is -0.387 e. The van der Waals surface area contributed by atoms with Crippen LogP contribution in [0.25, 0.3) is 6.08 Å². The summed E-state index contributed by atoms with van der Waals surface area (Å²) in [5.74, 6) is -0.399. The molecule has 2 N–H and O–H groups in total. The van der Waals surface area contributed by atoms with Gasteiger partial charge in [-0.2, -0.15) is 13.2 Å². The third kappa shape index (κ3) is 6.86. The van der Waals surface area contributed by atoms with Crippen molar-refractivity contribution in [3.8, 4) is 0 Å². The Morgan fingerprint density at radius 3 is 2.27 bits per heavy atom. The second kappa shape index (κ2) is 12.6. The molecule has 0 aromatic heterocycles. The summed E-state index contributed by atoms with van der Waals surface area (Å²) in [6.07, 6.45) is -1.95. The SMILES string of the molecule is Cc1cc(C(=O)N2CCC(O)(CF)CC2)cc(C)c1/C=C/S(=O)N1CCC2(CC1)N=C(c1ccc(C(F)(F)F)c(Cl)c1)NC2=O. The van der Waals surface area contributed by atoms with Crippen LogP contribution in [-0.4, -0.2) is 80.2 Å². The number of carbonyl (C=O) groups is 2. The molecule has 242 valence electrons. The lowest BCUT2D eigenvalue weighted by Crippen LogP contribution is -2.49. The van der Waals surface area contributed by atoms with Gasteiger partial charge in [0.2, 0.25) is 0 Å². The highest BCUT2D eigenvalue weighted by Gasteiger charge is 2.46. The molecule has 3 aliphatic heterocycles. The number of likely N-dealkylation sites (tertiary alicyclic amines) is 1. The molecule has 2 aromatic carbocycles. The van der Waals surface area contributed by atoms with Crippen LogP contribution < -0.4 is 5.32 Å². The van der Waals surface area contributed by atoms with Gasteiger partial charge in [0.05, 0.1) is 16.2 Å². The van der Waals surface area contributed by atoms with Gasteiger partial charge in [-0.3, -0.25) is 14.6 Å². The zero-order chi connectivity index (χ0) is 32.7. The molecule has 2 fully saturated rings. The summed E-state index contributed by atoms with van der Waals surface area (Å²) >= 11 is 5.85. The fourth-order valence-corrected chi connectivity index (χ4v) is 7.19. The molecule has 2 saturated heterocycles. The summed E-state index contributed by atoms with van der Waals surface area (Å²) in [6.45, 7) is 4.02. The van der Waals surface area contributed by atoms with Crippen molar-refractivity contribution in [1.29, 1.82) is 0 Å². The van der Waals surface area contributed by atoms with Crippen LogP contribution in [0.3, 0.4) is 0 Å². The number of aliphatic hydroxyl groups is 1. The van der Waals surface area contributed by atoms with Gasteiger partial charge in [0, 0.05) is 42.7 Å². The van der Waals surface area contributed by atoms with E-state index in [1.165, 1.54) is 6.07 Å². The maximum atomic E-state index is 13.2. The fraction of sp³-hybridized carbons (Fsp3) is 0.452. The molecular weight excluding hydrogens is 636 g/mol. The van der Waals surface area contributed by atoms with Gasteiger partial charge >= 0.3 is 6.18 Å². The molecule has 3 heterocycles. The van der Waals surface area contributed by atoms with E-state index in [4.69, 9.17) is 11.6 Å². The van der Waals surface area contributed by atoms with E-state index in [0.717, 1.165) is 28.8 Å². The molecule has 0 saturated carbocycles. The molecule has 0 bridgehead atoms. The number of nitrogens with zero attached hydrogens (tertiary/aromatic N) is 3. The number of amides is 2. The normalized spacial score (nSPS) is 20.8. The van der Waals surface area contributed by atoms with Crippen molar-refractivity contribution >= 4 is 46.3 Å². The molecule has 8 nitrogen and oxygen atoms in total. The lowest BCUT2D eigenvalue weighted by atomic mass is 9.89. The lowest BCUT2D eigenvalue weighted by molar-refractivity contribution is -0.137. The maximum Gasteiger partial charge on any atom is 0.417 e. The van der Waals surface area contributed by atoms with Crippen LogP contribution in [0.4, 0.5) is 17.6 Å². The number of piperidine rings is 2. The second-order valence-electron chi connectivity index (χ2n) is 11.8. The number of aliphatic imine (C=N–C) groups is 1. The molecule has 14 heteroatoms. The summed E-state index contributed by atoms with van der Waals surface area (Å²) in [7, 11) is -1.52. The van der Waals surface area contributed by atoms with Crippen LogP contribution in [0.5, 0.6) is 0 Å². The van der Waals surface area contributed by atoms with E-state index >= 15 is 0 Å². The third-order valence-electron chi connectivity index (χ3n) is 8.75. The number of hydrogen-bond donors (Lipinski definition) is 2. The predicted octanol–water partition coefficient (Wildman–Crippen LogP) is 4.96. The van der Waals surface area contributed by atoms with Gasteiger partial charge in [0.1, 0.15) is 29.0 Å². The Labute approximate surface area is 265 Å². The minimum absolute atomic E-state index is 0.152. The number of nitrogens with one attached hydrogen (secondary N) is 1. The first-order valence-corrected chi connectivity index (χ1v) is 16.0. The largest absolute Gasteiger partial charge is 0.417 e. The Balaban J connectivity index is 1.22. The Morgan fingerprint density at radius 1 is 1.09 bits per heavy atom. The fourth-order valence-electron chi connectivity index (χ4n) is 5.94. The molecule has 1 unspecified atom stereocenters. The summed E-state index contributed by atoms with van der Waals surface area (Å²) < 4.78 is 67.2. The van der Waals surface area contributed by atoms with E-state index < -0.39 is 45.6 Å². The zero-order valence-electron chi connectivity index (χ0n) is 24.7. The first-order chi connectivity index (χ1) is 21.1. The highest BCUT2D eigenvalue weighted by Crippen LogP contribution is 2.36. The van der Waals surface area contributed by atoms with Gasteiger partial charge in [-0.15, -0.1) is 0 Å². The average Bonchev–Trinajstić information content (AvgIpc) is 3.31. The van der Waals surface area contributed by atoms with Crippen molar-refractivity contribution in [3.05, 3.63) is 74.1 Å².